The molecule has 6 nitrogen and oxygen atoms in total. The summed E-state index contributed by atoms with van der Waals surface area (Å²) in [4.78, 5) is 13.4. The number of nitrogens with one attached hydrogen (secondary N) is 1. The first-order valence-electron chi connectivity index (χ1n) is 6.02. The van der Waals surface area contributed by atoms with Crippen molar-refractivity contribution in [1.29, 1.82) is 0 Å². The molecule has 8 heteroatoms. The number of benzene rings is 1. The highest BCUT2D eigenvalue weighted by Gasteiger charge is 2.31. The Bertz CT molecular complexity index is 640. The molecule has 0 bridgehead atoms. The fraction of sp³-hybridized carbons (Fsp3) is 0.333. The van der Waals surface area contributed by atoms with Gasteiger partial charge in [-0.15, -0.1) is 0 Å². The van der Waals surface area contributed by atoms with Crippen LogP contribution in [-0.2, 0) is 21.2 Å². The van der Waals surface area contributed by atoms with Crippen LogP contribution in [0.4, 0.5) is 0 Å². The van der Waals surface area contributed by atoms with E-state index in [0.29, 0.717) is 18.1 Å². The van der Waals surface area contributed by atoms with Gasteiger partial charge in [-0.1, -0.05) is 12.1 Å². The zero-order valence-corrected chi connectivity index (χ0v) is 12.5. The fourth-order valence-electron chi connectivity index (χ4n) is 1.96. The first-order valence-corrected chi connectivity index (χ1v) is 7.98. The van der Waals surface area contributed by atoms with Crippen molar-refractivity contribution in [2.45, 2.75) is 24.3 Å². The summed E-state index contributed by atoms with van der Waals surface area (Å²) in [5, 5.41) is 8.35. The van der Waals surface area contributed by atoms with Crippen molar-refractivity contribution in [3.8, 4) is 0 Å². The molecule has 0 spiro atoms. The van der Waals surface area contributed by atoms with Gasteiger partial charge in [0.05, 0.1) is 4.90 Å². The van der Waals surface area contributed by atoms with Gasteiger partial charge in [-0.2, -0.15) is 0 Å². The summed E-state index contributed by atoms with van der Waals surface area (Å²) in [6.45, 7) is 2.22. The third-order valence-electron chi connectivity index (χ3n) is 3.10. The van der Waals surface area contributed by atoms with E-state index in [-0.39, 0.29) is 16.8 Å². The highest BCUT2D eigenvalue weighted by molar-refractivity contribution is 7.89. The summed E-state index contributed by atoms with van der Waals surface area (Å²) in [5.74, 6) is -0.0452. The highest BCUT2D eigenvalue weighted by atomic mass is 32.2. The number of nitrogens with zero attached hydrogens (tertiary/aromatic N) is 1. The second-order valence-electron chi connectivity index (χ2n) is 4.60. The maximum Gasteiger partial charge on any atom is 0.251 e. The van der Waals surface area contributed by atoms with Crippen LogP contribution in [0, 0.1) is 0 Å². The predicted octanol–water partition coefficient (Wildman–Crippen LogP) is -0.0183. The van der Waals surface area contributed by atoms with E-state index < -0.39 is 10.0 Å². The van der Waals surface area contributed by atoms with Crippen LogP contribution in [0.3, 0.4) is 0 Å². The van der Waals surface area contributed by atoms with E-state index in [4.69, 9.17) is 17.4 Å². The van der Waals surface area contributed by atoms with Gasteiger partial charge < -0.3 is 5.32 Å². The number of hydrogen-bond acceptors (Lipinski definition) is 4. The summed E-state index contributed by atoms with van der Waals surface area (Å²) in [6.07, 6.45) is 0.588. The third kappa shape index (κ3) is 3.14. The van der Waals surface area contributed by atoms with Crippen LogP contribution in [-0.4, -0.2) is 36.9 Å². The largest absolute Gasteiger partial charge is 0.351 e. The van der Waals surface area contributed by atoms with Gasteiger partial charge in [-0.3, -0.25) is 9.69 Å². The lowest BCUT2D eigenvalue weighted by atomic mass is 10.1. The Morgan fingerprint density at radius 3 is 2.40 bits per heavy atom. The molecule has 1 saturated heterocycles. The summed E-state index contributed by atoms with van der Waals surface area (Å²) < 4.78 is 22.3. The smallest absolute Gasteiger partial charge is 0.251 e. The summed E-state index contributed by atoms with van der Waals surface area (Å²) >= 11 is 5.08. The number of rotatable bonds is 4. The summed E-state index contributed by atoms with van der Waals surface area (Å²) in [7, 11) is -3.67. The number of primary sulfonamides is 1. The minimum absolute atomic E-state index is 0.0452. The maximum atomic E-state index is 11.8. The normalized spacial score (nSPS) is 19.3. The van der Waals surface area contributed by atoms with Crippen molar-refractivity contribution in [2.24, 2.45) is 5.14 Å². The second-order valence-corrected chi connectivity index (χ2v) is 6.55. The Morgan fingerprint density at radius 1 is 1.35 bits per heavy atom. The van der Waals surface area contributed by atoms with Gasteiger partial charge in [0.15, 0.2) is 5.11 Å². The van der Waals surface area contributed by atoms with E-state index in [1.165, 1.54) is 17.0 Å². The molecule has 2 rings (SSSR count). The quantitative estimate of drug-likeness (QED) is 0.762. The Hall–Kier alpha value is -1.51. The van der Waals surface area contributed by atoms with Gasteiger partial charge >= 0.3 is 0 Å². The second kappa shape index (κ2) is 5.47. The Labute approximate surface area is 123 Å². The van der Waals surface area contributed by atoms with Gasteiger partial charge in [-0.25, -0.2) is 13.6 Å². The number of sulfonamides is 1. The van der Waals surface area contributed by atoms with Crippen molar-refractivity contribution in [2.75, 3.05) is 6.54 Å². The van der Waals surface area contributed by atoms with Crippen molar-refractivity contribution in [3.63, 3.8) is 0 Å². The zero-order valence-electron chi connectivity index (χ0n) is 10.9. The Kier molecular flexibility index (Phi) is 4.07. The van der Waals surface area contributed by atoms with Crippen molar-refractivity contribution >= 4 is 33.3 Å². The standard InChI is InChI=1S/C12H15N3O3S2/c1-8-11(16)15(12(19)14-8)7-6-9-2-4-10(5-3-9)20(13,17)18/h2-5,8H,6-7H2,1H3,(H,14,19)(H2,13,17,18)/t8-/m1/s1. The molecule has 0 aromatic heterocycles. The Morgan fingerprint density at radius 2 is 1.95 bits per heavy atom. The molecule has 1 amide bonds. The van der Waals surface area contributed by atoms with Crippen molar-refractivity contribution in [1.82, 2.24) is 10.2 Å². The zero-order chi connectivity index (χ0) is 14.9. The minimum atomic E-state index is -3.67. The molecule has 3 N–H and O–H groups in total. The van der Waals surface area contributed by atoms with Crippen LogP contribution in [0.25, 0.3) is 0 Å². The topological polar surface area (TPSA) is 92.5 Å². The van der Waals surface area contributed by atoms with Gasteiger partial charge in [0.2, 0.25) is 10.0 Å². The maximum absolute atomic E-state index is 11.8. The SMILES string of the molecule is C[C@H]1NC(=S)N(CCc2ccc(S(N)(=O)=O)cc2)C1=O. The summed E-state index contributed by atoms with van der Waals surface area (Å²) in [6, 6.07) is 5.98. The van der Waals surface area contributed by atoms with E-state index in [1.807, 2.05) is 0 Å². The van der Waals surface area contributed by atoms with Crippen LogP contribution in [0.2, 0.25) is 0 Å². The van der Waals surface area contributed by atoms with Gasteiger partial charge in [0, 0.05) is 6.54 Å². The number of carbonyl (C=O) groups excluding carboxylic acids is 1. The average molecular weight is 313 g/mol. The number of nitrogens with two attached hydrogens (primary N) is 1. The van der Waals surface area contributed by atoms with Gasteiger partial charge in [0.1, 0.15) is 6.04 Å². The minimum Gasteiger partial charge on any atom is -0.351 e. The van der Waals surface area contributed by atoms with Crippen LogP contribution >= 0.6 is 12.2 Å². The van der Waals surface area contributed by atoms with Gasteiger partial charge in [0.25, 0.3) is 5.91 Å². The molecule has 0 radical (unpaired) electrons. The molecular weight excluding hydrogens is 298 g/mol. The number of hydrogen-bond donors (Lipinski definition) is 2. The molecule has 1 heterocycles. The lowest BCUT2D eigenvalue weighted by molar-refractivity contribution is -0.126. The number of amides is 1. The molecule has 1 fully saturated rings. The van der Waals surface area contributed by atoms with Crippen LogP contribution in [0.15, 0.2) is 29.2 Å². The molecular formula is C12H15N3O3S2. The molecule has 1 aromatic carbocycles. The van der Waals surface area contributed by atoms with E-state index in [0.717, 1.165) is 5.56 Å². The average Bonchev–Trinajstić information content (AvgIpc) is 2.61. The molecule has 108 valence electrons. The molecule has 0 saturated carbocycles. The van der Waals surface area contributed by atoms with Crippen LogP contribution in [0.5, 0.6) is 0 Å². The van der Waals surface area contributed by atoms with Crippen molar-refractivity contribution < 1.29 is 13.2 Å². The molecule has 20 heavy (non-hydrogen) atoms. The Balaban J connectivity index is 2.02. The van der Waals surface area contributed by atoms with Crippen LogP contribution in [0.1, 0.15) is 12.5 Å². The molecule has 1 atom stereocenters. The van der Waals surface area contributed by atoms with E-state index in [1.54, 1.807) is 19.1 Å². The van der Waals surface area contributed by atoms with E-state index >= 15 is 0 Å². The predicted molar refractivity (Wildman–Crippen MR) is 78.4 cm³/mol. The molecule has 1 aliphatic rings. The molecule has 0 aliphatic carbocycles. The number of carbonyl (C=O) groups is 1. The van der Waals surface area contributed by atoms with E-state index in [2.05, 4.69) is 5.32 Å². The lowest BCUT2D eigenvalue weighted by Gasteiger charge is -2.14. The first kappa shape index (κ1) is 14.9. The lowest BCUT2D eigenvalue weighted by Crippen LogP contribution is -2.32. The monoisotopic (exact) mass is 313 g/mol. The molecule has 0 unspecified atom stereocenters. The number of thiocarbonyl (C=S) groups is 1. The fourth-order valence-corrected chi connectivity index (χ4v) is 2.83. The van der Waals surface area contributed by atoms with Gasteiger partial charge in [-0.05, 0) is 43.3 Å². The van der Waals surface area contributed by atoms with E-state index in [9.17, 15) is 13.2 Å². The van der Waals surface area contributed by atoms with Crippen LogP contribution < -0.4 is 10.5 Å². The molecule has 1 aliphatic heterocycles. The summed E-state index contributed by atoms with van der Waals surface area (Å²) in [5.41, 5.74) is 0.910. The molecule has 1 aromatic rings. The van der Waals surface area contributed by atoms with Crippen molar-refractivity contribution in [3.05, 3.63) is 29.8 Å². The third-order valence-corrected chi connectivity index (χ3v) is 4.37. The highest BCUT2D eigenvalue weighted by Crippen LogP contribution is 2.12. The first-order chi connectivity index (χ1) is 9.29.